The topological polar surface area (TPSA) is 29.1 Å². The summed E-state index contributed by atoms with van der Waals surface area (Å²) in [5, 5.41) is 3.22. The predicted molar refractivity (Wildman–Crippen MR) is 62.3 cm³/mol. The van der Waals surface area contributed by atoms with Crippen molar-refractivity contribution < 1.29 is 4.79 Å². The van der Waals surface area contributed by atoms with Crippen molar-refractivity contribution in [2.45, 2.75) is 46.5 Å². The zero-order valence-corrected chi connectivity index (χ0v) is 10.6. The monoisotopic (exact) mass is 251 g/mol. The van der Waals surface area contributed by atoms with E-state index < -0.39 is 0 Å². The van der Waals surface area contributed by atoms with Crippen molar-refractivity contribution in [1.29, 1.82) is 0 Å². The van der Waals surface area contributed by atoms with Gasteiger partial charge in [0.1, 0.15) is 0 Å². The predicted octanol–water partition coefficient (Wildman–Crippen LogP) is 3.10. The van der Waals surface area contributed by atoms with Gasteiger partial charge in [-0.2, -0.15) is 0 Å². The van der Waals surface area contributed by atoms with Gasteiger partial charge in [0, 0.05) is 6.54 Å². The quantitative estimate of drug-likeness (QED) is 0.571. The van der Waals surface area contributed by atoms with Gasteiger partial charge < -0.3 is 5.32 Å². The highest BCUT2D eigenvalue weighted by Crippen LogP contribution is 1.96. The first-order valence-electron chi connectivity index (χ1n) is 5.14. The number of halogens is 1. The molecule has 3 heteroatoms. The van der Waals surface area contributed by atoms with Crippen LogP contribution < -0.4 is 5.32 Å². The molecule has 13 heavy (non-hydrogen) atoms. The molecule has 1 N–H and O–H groups in total. The molecule has 0 spiro atoms. The van der Waals surface area contributed by atoms with Crippen molar-refractivity contribution in [2.24, 2.45) is 0 Å². The Bertz CT molecular complexity index is 107. The number of amides is 1. The molecular formula is C10H22BrNO. The molecule has 0 radical (unpaired) electrons. The molecule has 0 aliphatic rings. The fourth-order valence-electron chi connectivity index (χ4n) is 0.827. The second-order valence-corrected chi connectivity index (χ2v) is 3.10. The zero-order chi connectivity index (χ0) is 10.5. The third-order valence-electron chi connectivity index (χ3n) is 1.47. The standard InChI is InChI=1S/C8H16BrNO.C2H6/c1-2-3-4-5-6-10-8(11)7-9;1-2/h2-7H2,1H3,(H,10,11);1-2H3. The van der Waals surface area contributed by atoms with E-state index in [1.807, 2.05) is 13.8 Å². The van der Waals surface area contributed by atoms with Gasteiger partial charge in [-0.1, -0.05) is 56.0 Å². The number of alkyl halides is 1. The van der Waals surface area contributed by atoms with Crippen LogP contribution in [-0.2, 0) is 4.79 Å². The SMILES string of the molecule is CC.CCCCCCNC(=O)CBr. The molecule has 0 unspecified atom stereocenters. The maximum Gasteiger partial charge on any atom is 0.230 e. The van der Waals surface area contributed by atoms with Gasteiger partial charge in [-0.15, -0.1) is 0 Å². The van der Waals surface area contributed by atoms with Crippen LogP contribution in [0.3, 0.4) is 0 Å². The second kappa shape index (κ2) is 14.5. The normalized spacial score (nSPS) is 8.62. The molecular weight excluding hydrogens is 230 g/mol. The molecule has 0 heterocycles. The highest BCUT2D eigenvalue weighted by atomic mass is 79.9. The minimum absolute atomic E-state index is 0.0847. The third-order valence-corrected chi connectivity index (χ3v) is 1.98. The fourth-order valence-corrected chi connectivity index (χ4v) is 1.03. The molecule has 0 aromatic heterocycles. The summed E-state index contributed by atoms with van der Waals surface area (Å²) in [5.41, 5.74) is 0. The van der Waals surface area contributed by atoms with Gasteiger partial charge in [-0.3, -0.25) is 4.79 Å². The van der Waals surface area contributed by atoms with E-state index in [2.05, 4.69) is 28.2 Å². The smallest absolute Gasteiger partial charge is 0.230 e. The molecule has 0 bridgehead atoms. The van der Waals surface area contributed by atoms with E-state index in [1.54, 1.807) is 0 Å². The van der Waals surface area contributed by atoms with Gasteiger partial charge in [-0.25, -0.2) is 0 Å². The first-order chi connectivity index (χ1) is 6.31. The highest BCUT2D eigenvalue weighted by molar-refractivity contribution is 9.09. The minimum Gasteiger partial charge on any atom is -0.355 e. The fraction of sp³-hybridized carbons (Fsp3) is 0.900. The maximum atomic E-state index is 10.7. The number of rotatable bonds is 6. The lowest BCUT2D eigenvalue weighted by atomic mass is 10.2. The summed E-state index contributed by atoms with van der Waals surface area (Å²) in [7, 11) is 0. The van der Waals surface area contributed by atoms with Crippen LogP contribution in [0.5, 0.6) is 0 Å². The average molecular weight is 252 g/mol. The average Bonchev–Trinajstić information content (AvgIpc) is 2.20. The van der Waals surface area contributed by atoms with Crippen LogP contribution in [-0.4, -0.2) is 17.8 Å². The molecule has 2 nitrogen and oxygen atoms in total. The molecule has 0 aliphatic heterocycles. The molecule has 0 saturated heterocycles. The van der Waals surface area contributed by atoms with E-state index in [0.29, 0.717) is 5.33 Å². The van der Waals surface area contributed by atoms with Crippen molar-refractivity contribution in [1.82, 2.24) is 5.32 Å². The summed E-state index contributed by atoms with van der Waals surface area (Å²) in [5.74, 6) is 0.0847. The molecule has 0 atom stereocenters. The van der Waals surface area contributed by atoms with Gasteiger partial charge in [-0.05, 0) is 6.42 Å². The van der Waals surface area contributed by atoms with E-state index in [4.69, 9.17) is 0 Å². The second-order valence-electron chi connectivity index (χ2n) is 2.54. The Balaban J connectivity index is 0. The molecule has 0 fully saturated rings. The van der Waals surface area contributed by atoms with Crippen molar-refractivity contribution in [2.75, 3.05) is 11.9 Å². The van der Waals surface area contributed by atoms with E-state index >= 15 is 0 Å². The Labute approximate surface area is 90.6 Å². The number of nitrogens with one attached hydrogen (secondary N) is 1. The Morgan fingerprint density at radius 2 is 1.85 bits per heavy atom. The Morgan fingerprint density at radius 3 is 2.31 bits per heavy atom. The lowest BCUT2D eigenvalue weighted by Crippen LogP contribution is -2.25. The molecule has 0 aliphatic carbocycles. The number of carbonyl (C=O) groups excluding carboxylic acids is 1. The lowest BCUT2D eigenvalue weighted by Gasteiger charge is -2.01. The van der Waals surface area contributed by atoms with Crippen LogP contribution in [0.4, 0.5) is 0 Å². The summed E-state index contributed by atoms with van der Waals surface area (Å²) in [6, 6.07) is 0. The van der Waals surface area contributed by atoms with Gasteiger partial charge >= 0.3 is 0 Å². The molecule has 80 valence electrons. The van der Waals surface area contributed by atoms with Gasteiger partial charge in [0.15, 0.2) is 0 Å². The van der Waals surface area contributed by atoms with Crippen molar-refractivity contribution in [3.63, 3.8) is 0 Å². The Morgan fingerprint density at radius 1 is 1.23 bits per heavy atom. The minimum atomic E-state index is 0.0847. The Kier molecular flexibility index (Phi) is 17.2. The van der Waals surface area contributed by atoms with Crippen molar-refractivity contribution >= 4 is 21.8 Å². The molecule has 0 saturated carbocycles. The van der Waals surface area contributed by atoms with Crippen LogP contribution in [0.2, 0.25) is 0 Å². The molecule has 0 aromatic rings. The summed E-state index contributed by atoms with van der Waals surface area (Å²) in [6.07, 6.45) is 4.84. The van der Waals surface area contributed by atoms with Crippen LogP contribution in [0.15, 0.2) is 0 Å². The number of carbonyl (C=O) groups is 1. The maximum absolute atomic E-state index is 10.7. The lowest BCUT2D eigenvalue weighted by molar-refractivity contribution is -0.118. The Hall–Kier alpha value is -0.0500. The molecule has 0 rings (SSSR count). The highest BCUT2D eigenvalue weighted by Gasteiger charge is 1.94. The first kappa shape index (κ1) is 15.4. The van der Waals surface area contributed by atoms with E-state index in [0.717, 1.165) is 13.0 Å². The van der Waals surface area contributed by atoms with E-state index in [9.17, 15) is 4.79 Å². The first-order valence-corrected chi connectivity index (χ1v) is 6.26. The summed E-state index contributed by atoms with van der Waals surface area (Å²) >= 11 is 3.09. The zero-order valence-electron chi connectivity index (χ0n) is 9.03. The largest absolute Gasteiger partial charge is 0.355 e. The van der Waals surface area contributed by atoms with Crippen molar-refractivity contribution in [3.05, 3.63) is 0 Å². The van der Waals surface area contributed by atoms with E-state index in [1.165, 1.54) is 19.3 Å². The van der Waals surface area contributed by atoms with Gasteiger partial charge in [0.2, 0.25) is 5.91 Å². The van der Waals surface area contributed by atoms with Crippen LogP contribution in [0.25, 0.3) is 0 Å². The number of unbranched alkanes of at least 4 members (excludes halogenated alkanes) is 3. The summed E-state index contributed by atoms with van der Waals surface area (Å²) < 4.78 is 0. The van der Waals surface area contributed by atoms with Crippen LogP contribution in [0.1, 0.15) is 46.5 Å². The van der Waals surface area contributed by atoms with Crippen LogP contribution >= 0.6 is 15.9 Å². The summed E-state index contributed by atoms with van der Waals surface area (Å²) in [6.45, 7) is 7.00. The van der Waals surface area contributed by atoms with E-state index in [-0.39, 0.29) is 5.91 Å². The van der Waals surface area contributed by atoms with Gasteiger partial charge in [0.05, 0.1) is 5.33 Å². The number of hydrogen-bond acceptors (Lipinski definition) is 1. The number of hydrogen-bond donors (Lipinski definition) is 1. The third kappa shape index (κ3) is 14.8. The molecule has 0 aromatic carbocycles. The van der Waals surface area contributed by atoms with Crippen LogP contribution in [0, 0.1) is 0 Å². The van der Waals surface area contributed by atoms with Gasteiger partial charge in [0.25, 0.3) is 0 Å². The molecule has 1 amide bonds. The summed E-state index contributed by atoms with van der Waals surface area (Å²) in [4.78, 5) is 10.7. The van der Waals surface area contributed by atoms with Crippen molar-refractivity contribution in [3.8, 4) is 0 Å².